The number of carbonyl (C=O) groups is 3. The number of carbonyl (C=O) groups excluding carboxylic acids is 3. The Kier molecular flexibility index (Phi) is 6.12. The van der Waals surface area contributed by atoms with Crippen LogP contribution in [0.2, 0.25) is 0 Å². The molecule has 0 aromatic heterocycles. The molecule has 1 amide bonds. The van der Waals surface area contributed by atoms with Gasteiger partial charge in [0.25, 0.3) is 0 Å². The number of nitrogens with two attached hydrogens (primary N) is 1. The van der Waals surface area contributed by atoms with Gasteiger partial charge >= 0.3 is 5.97 Å². The molecule has 2 aromatic rings. The van der Waals surface area contributed by atoms with Crippen LogP contribution in [-0.2, 0) is 25.7 Å². The maximum Gasteiger partial charge on any atom is 0.319 e. The van der Waals surface area contributed by atoms with Crippen molar-refractivity contribution in [1.82, 2.24) is 0 Å². The van der Waals surface area contributed by atoms with Crippen molar-refractivity contribution in [2.75, 3.05) is 11.5 Å². The number of Topliss-reactive ketones (excluding diaryl/α,β-unsaturated/α-hetero) is 1. The molecule has 32 heavy (non-hydrogen) atoms. The fourth-order valence-corrected chi connectivity index (χ4v) is 5.18. The maximum atomic E-state index is 14.0. The topological polar surface area (TPSA) is 89.7 Å². The molecule has 0 bridgehead atoms. The number of hydrogen-bond acceptors (Lipinski definition) is 5. The molecule has 166 valence electrons. The molecule has 1 saturated carbocycles. The van der Waals surface area contributed by atoms with E-state index in [4.69, 9.17) is 10.5 Å². The van der Waals surface area contributed by atoms with Gasteiger partial charge in [-0.2, -0.15) is 0 Å². The maximum absolute atomic E-state index is 14.0. The Labute approximate surface area is 188 Å². The molecule has 6 nitrogen and oxygen atoms in total. The van der Waals surface area contributed by atoms with E-state index < -0.39 is 23.2 Å². The molecule has 0 saturated heterocycles. The number of para-hydroxylation sites is 1. The highest BCUT2D eigenvalue weighted by molar-refractivity contribution is 6.09. The van der Waals surface area contributed by atoms with E-state index in [2.05, 4.69) is 23.6 Å². The van der Waals surface area contributed by atoms with Crippen LogP contribution in [0.1, 0.15) is 42.7 Å². The number of rotatable bonds is 8. The first-order valence-corrected chi connectivity index (χ1v) is 11.0. The van der Waals surface area contributed by atoms with Crippen molar-refractivity contribution in [1.29, 1.82) is 0 Å². The molecule has 0 radical (unpaired) electrons. The zero-order valence-electron chi connectivity index (χ0n) is 18.0. The predicted molar refractivity (Wildman–Crippen MR) is 122 cm³/mol. The van der Waals surface area contributed by atoms with Gasteiger partial charge in [-0.15, -0.1) is 0 Å². The van der Waals surface area contributed by atoms with E-state index in [-0.39, 0.29) is 31.3 Å². The minimum Gasteiger partial charge on any atom is -0.461 e. The molecule has 6 heteroatoms. The van der Waals surface area contributed by atoms with Gasteiger partial charge in [0.1, 0.15) is 12.0 Å². The standard InChI is InChI=1S/C26H28N2O4/c1-2-16-32-25(31)26(15-13-22(27)29)14-12-21-23(24(26)30)19-10-6-7-11-20(19)28(21)17-18-8-4-3-5-9-18/h2-11,21,23H,1,12-17H2,(H2,27,29). The lowest BCUT2D eigenvalue weighted by Gasteiger charge is -2.41. The van der Waals surface area contributed by atoms with E-state index >= 15 is 0 Å². The van der Waals surface area contributed by atoms with Crippen molar-refractivity contribution in [2.45, 2.75) is 44.2 Å². The van der Waals surface area contributed by atoms with Gasteiger partial charge in [0.2, 0.25) is 5.91 Å². The summed E-state index contributed by atoms with van der Waals surface area (Å²) in [6.45, 7) is 4.29. The molecule has 2 aliphatic rings. The fraction of sp³-hybridized carbons (Fsp3) is 0.346. The second-order valence-electron chi connectivity index (χ2n) is 8.56. The van der Waals surface area contributed by atoms with E-state index in [0.717, 1.165) is 16.8 Å². The van der Waals surface area contributed by atoms with Crippen molar-refractivity contribution in [3.8, 4) is 0 Å². The Bertz CT molecular complexity index is 1040. The first kappa shape index (κ1) is 21.8. The third-order valence-corrected chi connectivity index (χ3v) is 6.70. The summed E-state index contributed by atoms with van der Waals surface area (Å²) < 4.78 is 5.35. The molecular formula is C26H28N2O4. The summed E-state index contributed by atoms with van der Waals surface area (Å²) in [5, 5.41) is 0. The first-order chi connectivity index (χ1) is 15.5. The Balaban J connectivity index is 1.71. The van der Waals surface area contributed by atoms with Crippen molar-refractivity contribution >= 4 is 23.3 Å². The summed E-state index contributed by atoms with van der Waals surface area (Å²) in [6, 6.07) is 18.0. The summed E-state index contributed by atoms with van der Waals surface area (Å²) >= 11 is 0. The summed E-state index contributed by atoms with van der Waals surface area (Å²) in [5.74, 6) is -1.74. The first-order valence-electron chi connectivity index (χ1n) is 11.0. The van der Waals surface area contributed by atoms with Crippen LogP contribution in [0.4, 0.5) is 5.69 Å². The normalized spacial score (nSPS) is 23.9. The predicted octanol–water partition coefficient (Wildman–Crippen LogP) is 3.50. The quantitative estimate of drug-likeness (QED) is 0.392. The number of ketones is 1. The molecule has 2 aromatic carbocycles. The number of primary amides is 1. The summed E-state index contributed by atoms with van der Waals surface area (Å²) in [7, 11) is 0. The van der Waals surface area contributed by atoms with Gasteiger partial charge in [-0.05, 0) is 36.5 Å². The SMILES string of the molecule is C=CCOC(=O)C1(CCC(N)=O)CCC2C(C1=O)c1ccccc1N2Cc1ccccc1. The lowest BCUT2D eigenvalue weighted by Crippen LogP contribution is -2.52. The van der Waals surface area contributed by atoms with Gasteiger partial charge in [-0.3, -0.25) is 14.4 Å². The van der Waals surface area contributed by atoms with Crippen LogP contribution in [0.3, 0.4) is 0 Å². The van der Waals surface area contributed by atoms with E-state index in [1.807, 2.05) is 42.5 Å². The number of nitrogens with zero attached hydrogens (tertiary/aromatic N) is 1. The van der Waals surface area contributed by atoms with Crippen molar-refractivity contribution in [3.05, 3.63) is 78.4 Å². The molecule has 3 unspecified atom stereocenters. The molecular weight excluding hydrogens is 404 g/mol. The van der Waals surface area contributed by atoms with E-state index in [0.29, 0.717) is 19.4 Å². The Morgan fingerprint density at radius 3 is 2.59 bits per heavy atom. The number of esters is 1. The van der Waals surface area contributed by atoms with Gasteiger partial charge in [-0.1, -0.05) is 61.2 Å². The molecule has 3 atom stereocenters. The van der Waals surface area contributed by atoms with Crippen molar-refractivity contribution < 1.29 is 19.1 Å². The fourth-order valence-electron chi connectivity index (χ4n) is 5.18. The number of benzene rings is 2. The molecule has 2 N–H and O–H groups in total. The molecule has 1 aliphatic carbocycles. The van der Waals surface area contributed by atoms with Gasteiger partial charge in [-0.25, -0.2) is 0 Å². The highest BCUT2D eigenvalue weighted by Gasteiger charge is 2.58. The molecule has 4 rings (SSSR count). The molecule has 1 fully saturated rings. The highest BCUT2D eigenvalue weighted by Crippen LogP contribution is 2.53. The highest BCUT2D eigenvalue weighted by atomic mass is 16.5. The second kappa shape index (κ2) is 8.99. The summed E-state index contributed by atoms with van der Waals surface area (Å²) in [6.07, 6.45) is 2.47. The molecule has 0 spiro atoms. The smallest absolute Gasteiger partial charge is 0.319 e. The third kappa shape index (κ3) is 3.81. The van der Waals surface area contributed by atoms with Crippen LogP contribution in [0.15, 0.2) is 67.3 Å². The number of amides is 1. The lowest BCUT2D eigenvalue weighted by molar-refractivity contribution is -0.163. The Morgan fingerprint density at radius 2 is 1.88 bits per heavy atom. The van der Waals surface area contributed by atoms with Gasteiger partial charge in [0, 0.05) is 24.7 Å². The van der Waals surface area contributed by atoms with E-state index in [1.54, 1.807) is 0 Å². The van der Waals surface area contributed by atoms with Crippen LogP contribution in [0.5, 0.6) is 0 Å². The number of ether oxygens (including phenoxy) is 1. The van der Waals surface area contributed by atoms with Gasteiger partial charge in [0.05, 0.1) is 5.92 Å². The van der Waals surface area contributed by atoms with Crippen LogP contribution in [0, 0.1) is 5.41 Å². The zero-order valence-corrected chi connectivity index (χ0v) is 18.0. The largest absolute Gasteiger partial charge is 0.461 e. The van der Waals surface area contributed by atoms with E-state index in [1.165, 1.54) is 6.08 Å². The van der Waals surface area contributed by atoms with Crippen LogP contribution in [-0.4, -0.2) is 30.3 Å². The third-order valence-electron chi connectivity index (χ3n) is 6.70. The lowest BCUT2D eigenvalue weighted by atomic mass is 9.63. The number of anilines is 1. The summed E-state index contributed by atoms with van der Waals surface area (Å²) in [4.78, 5) is 40.9. The Hall–Kier alpha value is -3.41. The second-order valence-corrected chi connectivity index (χ2v) is 8.56. The van der Waals surface area contributed by atoms with Gasteiger partial charge < -0.3 is 15.4 Å². The van der Waals surface area contributed by atoms with Crippen LogP contribution < -0.4 is 10.6 Å². The minimum absolute atomic E-state index is 0.0231. The minimum atomic E-state index is -1.37. The average molecular weight is 433 g/mol. The summed E-state index contributed by atoms with van der Waals surface area (Å²) in [5.41, 5.74) is 7.12. The number of hydrogen-bond donors (Lipinski definition) is 1. The van der Waals surface area contributed by atoms with Crippen molar-refractivity contribution in [2.24, 2.45) is 11.1 Å². The van der Waals surface area contributed by atoms with Crippen LogP contribution in [0.25, 0.3) is 0 Å². The van der Waals surface area contributed by atoms with Crippen LogP contribution >= 0.6 is 0 Å². The van der Waals surface area contributed by atoms with Crippen molar-refractivity contribution in [3.63, 3.8) is 0 Å². The molecule has 1 aliphatic heterocycles. The zero-order chi connectivity index (χ0) is 22.7. The Morgan fingerprint density at radius 1 is 1.16 bits per heavy atom. The van der Waals surface area contributed by atoms with E-state index in [9.17, 15) is 14.4 Å². The number of fused-ring (bicyclic) bond motifs is 3. The van der Waals surface area contributed by atoms with Gasteiger partial charge in [0.15, 0.2) is 5.78 Å². The molecule has 1 heterocycles. The average Bonchev–Trinajstić information content (AvgIpc) is 3.12. The monoisotopic (exact) mass is 432 g/mol.